The Morgan fingerprint density at radius 1 is 1.32 bits per heavy atom. The molecule has 4 heteroatoms. The summed E-state index contributed by atoms with van der Waals surface area (Å²) in [5.41, 5.74) is 3.68. The summed E-state index contributed by atoms with van der Waals surface area (Å²) < 4.78 is 19.9. The summed E-state index contributed by atoms with van der Waals surface area (Å²) in [7, 11) is 0. The van der Waals surface area contributed by atoms with Crippen molar-refractivity contribution in [2.45, 2.75) is 26.4 Å². The number of hydrogen-bond donors (Lipinski definition) is 1. The fourth-order valence-corrected chi connectivity index (χ4v) is 2.84. The van der Waals surface area contributed by atoms with Crippen molar-refractivity contribution in [2.24, 2.45) is 0 Å². The molecule has 3 rings (SSSR count). The van der Waals surface area contributed by atoms with Crippen molar-refractivity contribution in [2.75, 3.05) is 6.54 Å². The Morgan fingerprint density at radius 3 is 2.82 bits per heavy atom. The quantitative estimate of drug-likeness (QED) is 0.945. The van der Waals surface area contributed by atoms with Crippen molar-refractivity contribution in [3.8, 4) is 16.9 Å². The predicted octanol–water partition coefficient (Wildman–Crippen LogP) is 3.24. The number of aryl methyl sites for hydroxylation is 1. The van der Waals surface area contributed by atoms with Crippen molar-refractivity contribution < 1.29 is 13.9 Å². The third-order valence-electron chi connectivity index (χ3n) is 3.88. The van der Waals surface area contributed by atoms with Gasteiger partial charge >= 0.3 is 0 Å². The molecule has 0 radical (unpaired) electrons. The smallest absolute Gasteiger partial charge is 0.217 e. The van der Waals surface area contributed by atoms with Crippen LogP contribution in [-0.2, 0) is 11.2 Å². The highest BCUT2D eigenvalue weighted by atomic mass is 19.1. The van der Waals surface area contributed by atoms with Crippen LogP contribution < -0.4 is 10.1 Å². The number of amides is 1. The van der Waals surface area contributed by atoms with Crippen LogP contribution in [0.25, 0.3) is 11.1 Å². The third-order valence-corrected chi connectivity index (χ3v) is 3.88. The highest BCUT2D eigenvalue weighted by Gasteiger charge is 2.27. The molecule has 1 amide bonds. The Hall–Kier alpha value is -2.36. The summed E-state index contributed by atoms with van der Waals surface area (Å²) in [6, 6.07) is 10.9. The lowest BCUT2D eigenvalue weighted by atomic mass is 9.97. The van der Waals surface area contributed by atoms with Gasteiger partial charge in [0.2, 0.25) is 5.91 Å². The number of hydrogen-bond acceptors (Lipinski definition) is 2. The van der Waals surface area contributed by atoms with E-state index in [0.717, 1.165) is 28.0 Å². The topological polar surface area (TPSA) is 38.3 Å². The van der Waals surface area contributed by atoms with Crippen LogP contribution in [0, 0.1) is 12.7 Å². The summed E-state index contributed by atoms with van der Waals surface area (Å²) in [6.07, 6.45) is 0.454. The van der Waals surface area contributed by atoms with E-state index in [2.05, 4.69) is 5.32 Å². The zero-order valence-electron chi connectivity index (χ0n) is 12.7. The Morgan fingerprint density at radius 2 is 2.09 bits per heavy atom. The molecule has 1 aliphatic rings. The first-order valence-electron chi connectivity index (χ1n) is 7.34. The van der Waals surface area contributed by atoms with Crippen LogP contribution in [-0.4, -0.2) is 18.6 Å². The maximum atomic E-state index is 14.0. The van der Waals surface area contributed by atoms with Gasteiger partial charge in [0, 0.05) is 24.5 Å². The fourth-order valence-electron chi connectivity index (χ4n) is 2.84. The number of halogens is 1. The molecule has 114 valence electrons. The van der Waals surface area contributed by atoms with Crippen molar-refractivity contribution in [1.82, 2.24) is 5.32 Å². The van der Waals surface area contributed by atoms with E-state index in [1.807, 2.05) is 31.2 Å². The largest absolute Gasteiger partial charge is 0.487 e. The highest BCUT2D eigenvalue weighted by molar-refractivity contribution is 5.76. The van der Waals surface area contributed by atoms with Crippen LogP contribution in [0.1, 0.15) is 18.1 Å². The van der Waals surface area contributed by atoms with Crippen LogP contribution in [0.15, 0.2) is 36.4 Å². The van der Waals surface area contributed by atoms with Gasteiger partial charge in [-0.05, 0) is 30.2 Å². The van der Waals surface area contributed by atoms with E-state index in [1.54, 1.807) is 0 Å². The molecule has 0 spiro atoms. The minimum Gasteiger partial charge on any atom is -0.487 e. The van der Waals surface area contributed by atoms with Gasteiger partial charge in [-0.25, -0.2) is 4.39 Å². The van der Waals surface area contributed by atoms with Gasteiger partial charge in [-0.15, -0.1) is 0 Å². The molecule has 2 aromatic carbocycles. The number of nitrogens with one attached hydrogen (secondary N) is 1. The first-order chi connectivity index (χ1) is 10.5. The lowest BCUT2D eigenvalue weighted by molar-refractivity contribution is -0.119. The third kappa shape index (κ3) is 2.82. The molecule has 1 heterocycles. The Labute approximate surface area is 129 Å². The summed E-state index contributed by atoms with van der Waals surface area (Å²) in [4.78, 5) is 11.0. The lowest BCUT2D eigenvalue weighted by Gasteiger charge is -2.14. The molecular weight excluding hydrogens is 281 g/mol. The maximum Gasteiger partial charge on any atom is 0.217 e. The van der Waals surface area contributed by atoms with E-state index in [1.165, 1.54) is 19.1 Å². The van der Waals surface area contributed by atoms with E-state index in [4.69, 9.17) is 4.74 Å². The average molecular weight is 299 g/mol. The second-order valence-electron chi connectivity index (χ2n) is 5.64. The fraction of sp³-hybridized carbons (Fsp3) is 0.278. The van der Waals surface area contributed by atoms with E-state index in [-0.39, 0.29) is 17.8 Å². The van der Waals surface area contributed by atoms with Gasteiger partial charge in [0.15, 0.2) is 0 Å². The standard InChI is InChI=1S/C18H18FNO2/c1-11-5-3-4-6-16(11)17-9-14(19)7-13-8-15(22-18(13)17)10-20-12(2)21/h3-7,9,15H,8,10H2,1-2H3,(H,20,21)/t15-/m1/s1. The van der Waals surface area contributed by atoms with E-state index < -0.39 is 0 Å². The Kier molecular flexibility index (Phi) is 3.84. The van der Waals surface area contributed by atoms with Crippen LogP contribution in [0.5, 0.6) is 5.75 Å². The molecular formula is C18H18FNO2. The van der Waals surface area contributed by atoms with E-state index in [9.17, 15) is 9.18 Å². The average Bonchev–Trinajstić information content (AvgIpc) is 2.87. The molecule has 1 N–H and O–H groups in total. The second-order valence-corrected chi connectivity index (χ2v) is 5.64. The predicted molar refractivity (Wildman–Crippen MR) is 83.4 cm³/mol. The highest BCUT2D eigenvalue weighted by Crippen LogP contribution is 2.40. The monoisotopic (exact) mass is 299 g/mol. The van der Waals surface area contributed by atoms with Gasteiger partial charge in [-0.2, -0.15) is 0 Å². The summed E-state index contributed by atoms with van der Waals surface area (Å²) in [5.74, 6) is 0.372. The van der Waals surface area contributed by atoms with Gasteiger partial charge in [0.05, 0.1) is 6.54 Å². The van der Waals surface area contributed by atoms with Gasteiger partial charge in [0.1, 0.15) is 17.7 Å². The number of rotatable bonds is 3. The van der Waals surface area contributed by atoms with Crippen LogP contribution in [0.4, 0.5) is 4.39 Å². The number of carbonyl (C=O) groups excluding carboxylic acids is 1. The van der Waals surface area contributed by atoms with Crippen molar-refractivity contribution in [3.63, 3.8) is 0 Å². The van der Waals surface area contributed by atoms with Gasteiger partial charge in [-0.1, -0.05) is 24.3 Å². The minimum atomic E-state index is -0.263. The summed E-state index contributed by atoms with van der Waals surface area (Å²) in [6.45, 7) is 3.90. The zero-order chi connectivity index (χ0) is 15.7. The molecule has 0 fully saturated rings. The van der Waals surface area contributed by atoms with Crippen molar-refractivity contribution in [1.29, 1.82) is 0 Å². The molecule has 22 heavy (non-hydrogen) atoms. The Balaban J connectivity index is 1.96. The van der Waals surface area contributed by atoms with E-state index in [0.29, 0.717) is 13.0 Å². The van der Waals surface area contributed by atoms with E-state index >= 15 is 0 Å². The second kappa shape index (κ2) is 5.79. The molecule has 0 unspecified atom stereocenters. The van der Waals surface area contributed by atoms with Crippen LogP contribution >= 0.6 is 0 Å². The number of ether oxygens (including phenoxy) is 1. The van der Waals surface area contributed by atoms with Gasteiger partial charge < -0.3 is 10.1 Å². The molecule has 0 aliphatic carbocycles. The molecule has 1 atom stereocenters. The lowest BCUT2D eigenvalue weighted by Crippen LogP contribution is -2.32. The molecule has 0 aromatic heterocycles. The minimum absolute atomic E-state index is 0.0927. The van der Waals surface area contributed by atoms with Gasteiger partial charge in [0.25, 0.3) is 0 Å². The molecule has 0 bridgehead atoms. The maximum absolute atomic E-state index is 14.0. The molecule has 3 nitrogen and oxygen atoms in total. The molecule has 1 aliphatic heterocycles. The van der Waals surface area contributed by atoms with Crippen molar-refractivity contribution >= 4 is 5.91 Å². The first kappa shape index (κ1) is 14.6. The summed E-state index contributed by atoms with van der Waals surface area (Å²) >= 11 is 0. The normalized spacial score (nSPS) is 16.0. The first-order valence-corrected chi connectivity index (χ1v) is 7.34. The number of benzene rings is 2. The molecule has 2 aromatic rings. The van der Waals surface area contributed by atoms with Crippen LogP contribution in [0.3, 0.4) is 0 Å². The summed E-state index contributed by atoms with van der Waals surface area (Å²) in [5, 5.41) is 2.75. The zero-order valence-corrected chi connectivity index (χ0v) is 12.7. The van der Waals surface area contributed by atoms with Gasteiger partial charge in [-0.3, -0.25) is 4.79 Å². The Bertz CT molecular complexity index is 727. The SMILES string of the molecule is CC(=O)NC[C@H]1Cc2cc(F)cc(-c3ccccc3C)c2O1. The van der Waals surface area contributed by atoms with Crippen molar-refractivity contribution in [3.05, 3.63) is 53.3 Å². The number of fused-ring (bicyclic) bond motifs is 1. The van der Waals surface area contributed by atoms with Crippen LogP contribution in [0.2, 0.25) is 0 Å². The number of carbonyl (C=O) groups is 1. The molecule has 0 saturated carbocycles. The molecule has 0 saturated heterocycles.